The number of nitrogens with two attached hydrogens (primary N) is 1. The molecule has 2 aromatic carbocycles. The normalized spacial score (nSPS) is 10.7. The molecule has 0 saturated carbocycles. The highest BCUT2D eigenvalue weighted by atomic mass is 16.5. The highest BCUT2D eigenvalue weighted by Crippen LogP contribution is 2.30. The van der Waals surface area contributed by atoms with Crippen molar-refractivity contribution in [1.82, 2.24) is 4.98 Å². The monoisotopic (exact) mass is 266 g/mol. The molecule has 0 radical (unpaired) electrons. The van der Waals surface area contributed by atoms with E-state index in [0.29, 0.717) is 18.2 Å². The predicted octanol–water partition coefficient (Wildman–Crippen LogP) is 3.19. The minimum absolute atomic E-state index is 0.186. The number of aromatic nitrogens is 1. The van der Waals surface area contributed by atoms with E-state index in [1.54, 1.807) is 18.3 Å². The summed E-state index contributed by atoms with van der Waals surface area (Å²) in [5.74, 6) is 1.33. The highest BCUT2D eigenvalue weighted by Gasteiger charge is 2.06. The summed E-state index contributed by atoms with van der Waals surface area (Å²) >= 11 is 0. The Kier molecular flexibility index (Phi) is 3.23. The van der Waals surface area contributed by atoms with Crippen molar-refractivity contribution in [3.05, 3.63) is 60.3 Å². The summed E-state index contributed by atoms with van der Waals surface area (Å²) in [6.07, 6.45) is 1.68. The molecule has 0 unspecified atom stereocenters. The Morgan fingerprint density at radius 1 is 1.10 bits per heavy atom. The van der Waals surface area contributed by atoms with E-state index in [0.717, 1.165) is 16.3 Å². The molecule has 0 saturated heterocycles. The van der Waals surface area contributed by atoms with Crippen LogP contribution in [0.3, 0.4) is 0 Å². The number of hydrogen-bond donors (Lipinski definition) is 2. The molecule has 3 N–H and O–H groups in total. The lowest BCUT2D eigenvalue weighted by molar-refractivity contribution is 0.465. The lowest BCUT2D eigenvalue weighted by Gasteiger charge is -2.09. The number of hydrogen-bond acceptors (Lipinski definition) is 4. The van der Waals surface area contributed by atoms with Gasteiger partial charge in [-0.15, -0.1) is 0 Å². The van der Waals surface area contributed by atoms with Gasteiger partial charge in [0, 0.05) is 18.1 Å². The second-order valence-corrected chi connectivity index (χ2v) is 4.48. The third-order valence-corrected chi connectivity index (χ3v) is 3.06. The van der Waals surface area contributed by atoms with Crippen LogP contribution >= 0.6 is 0 Å². The molecule has 0 aliphatic carbocycles. The van der Waals surface area contributed by atoms with Gasteiger partial charge in [0.25, 0.3) is 0 Å². The third-order valence-electron chi connectivity index (χ3n) is 3.06. The van der Waals surface area contributed by atoms with Crippen LogP contribution in [0.1, 0.15) is 5.56 Å². The molecule has 1 aromatic heterocycles. The van der Waals surface area contributed by atoms with Crippen molar-refractivity contribution < 1.29 is 9.84 Å². The Hall–Kier alpha value is -2.59. The summed E-state index contributed by atoms with van der Waals surface area (Å²) in [7, 11) is 0. The summed E-state index contributed by atoms with van der Waals surface area (Å²) in [4.78, 5) is 4.23. The first-order valence-corrected chi connectivity index (χ1v) is 6.31. The van der Waals surface area contributed by atoms with Crippen LogP contribution in [-0.2, 0) is 6.54 Å². The number of rotatable bonds is 3. The molecule has 100 valence electrons. The van der Waals surface area contributed by atoms with Gasteiger partial charge in [0.05, 0.1) is 0 Å². The van der Waals surface area contributed by atoms with Crippen LogP contribution in [0.4, 0.5) is 0 Å². The first-order chi connectivity index (χ1) is 9.76. The van der Waals surface area contributed by atoms with Crippen LogP contribution in [0, 0.1) is 0 Å². The molecule has 0 atom stereocenters. The van der Waals surface area contributed by atoms with Gasteiger partial charge in [-0.1, -0.05) is 18.2 Å². The number of benzene rings is 2. The van der Waals surface area contributed by atoms with Gasteiger partial charge in [-0.05, 0) is 41.3 Å². The fourth-order valence-electron chi connectivity index (χ4n) is 2.06. The van der Waals surface area contributed by atoms with Crippen molar-refractivity contribution in [2.24, 2.45) is 5.73 Å². The topological polar surface area (TPSA) is 68.4 Å². The summed E-state index contributed by atoms with van der Waals surface area (Å²) < 4.78 is 5.81. The van der Waals surface area contributed by atoms with Gasteiger partial charge < -0.3 is 15.6 Å². The number of phenols is 1. The number of aromatic hydroxyl groups is 1. The van der Waals surface area contributed by atoms with Crippen molar-refractivity contribution >= 4 is 10.8 Å². The Morgan fingerprint density at radius 3 is 2.85 bits per heavy atom. The molecule has 1 heterocycles. The number of pyridine rings is 1. The Bertz CT molecular complexity index is 756. The van der Waals surface area contributed by atoms with E-state index in [1.165, 1.54) is 0 Å². The molecular formula is C16H14N2O2. The molecule has 4 nitrogen and oxygen atoms in total. The molecule has 0 aliphatic rings. The maximum atomic E-state index is 9.60. The standard InChI is InChI=1S/C16H14N2O2/c17-10-11-2-1-3-14(8-11)20-16-15-9-13(19)5-4-12(15)6-7-18-16/h1-9,19H,10,17H2. The van der Waals surface area contributed by atoms with Crippen LogP contribution < -0.4 is 10.5 Å². The van der Waals surface area contributed by atoms with Crippen LogP contribution in [-0.4, -0.2) is 10.1 Å². The summed E-state index contributed by atoms with van der Waals surface area (Å²) in [5, 5.41) is 11.3. The summed E-state index contributed by atoms with van der Waals surface area (Å²) in [6.45, 7) is 0.459. The molecule has 0 spiro atoms. The third kappa shape index (κ3) is 2.41. The minimum Gasteiger partial charge on any atom is -0.508 e. The van der Waals surface area contributed by atoms with Crippen LogP contribution in [0.5, 0.6) is 17.4 Å². The highest BCUT2D eigenvalue weighted by molar-refractivity contribution is 5.88. The molecule has 0 bridgehead atoms. The fourth-order valence-corrected chi connectivity index (χ4v) is 2.06. The maximum absolute atomic E-state index is 9.60. The predicted molar refractivity (Wildman–Crippen MR) is 77.8 cm³/mol. The Balaban J connectivity index is 2.03. The number of ether oxygens (including phenoxy) is 1. The Morgan fingerprint density at radius 2 is 2.00 bits per heavy atom. The van der Waals surface area contributed by atoms with Crippen molar-refractivity contribution in [1.29, 1.82) is 0 Å². The molecule has 20 heavy (non-hydrogen) atoms. The first-order valence-electron chi connectivity index (χ1n) is 6.31. The summed E-state index contributed by atoms with van der Waals surface area (Å²) in [6, 6.07) is 14.5. The van der Waals surface area contributed by atoms with Crippen molar-refractivity contribution in [2.45, 2.75) is 6.54 Å². The molecule has 4 heteroatoms. The smallest absolute Gasteiger partial charge is 0.227 e. The lowest BCUT2D eigenvalue weighted by atomic mass is 10.1. The molecule has 3 rings (SSSR count). The second-order valence-electron chi connectivity index (χ2n) is 4.48. The average Bonchev–Trinajstić information content (AvgIpc) is 2.48. The van der Waals surface area contributed by atoms with Crippen LogP contribution in [0.25, 0.3) is 10.8 Å². The zero-order valence-corrected chi connectivity index (χ0v) is 10.8. The number of fused-ring (bicyclic) bond motifs is 1. The van der Waals surface area contributed by atoms with Gasteiger partial charge in [-0.2, -0.15) is 0 Å². The molecular weight excluding hydrogens is 252 g/mol. The first kappa shape index (κ1) is 12.4. The minimum atomic E-state index is 0.186. The van der Waals surface area contributed by atoms with Crippen LogP contribution in [0.15, 0.2) is 54.7 Å². The van der Waals surface area contributed by atoms with E-state index in [-0.39, 0.29) is 5.75 Å². The molecule has 0 aliphatic heterocycles. The van der Waals surface area contributed by atoms with Gasteiger partial charge in [0.2, 0.25) is 5.88 Å². The largest absolute Gasteiger partial charge is 0.508 e. The lowest BCUT2D eigenvalue weighted by Crippen LogP contribution is -1.96. The van der Waals surface area contributed by atoms with Gasteiger partial charge in [0.1, 0.15) is 11.5 Å². The van der Waals surface area contributed by atoms with Gasteiger partial charge in [0.15, 0.2) is 0 Å². The summed E-state index contributed by atoms with van der Waals surface area (Å²) in [5.41, 5.74) is 6.61. The fraction of sp³-hybridized carbons (Fsp3) is 0.0625. The number of nitrogens with zero attached hydrogens (tertiary/aromatic N) is 1. The number of phenolic OH excluding ortho intramolecular Hbond substituents is 1. The molecule has 0 amide bonds. The molecule has 0 fully saturated rings. The van der Waals surface area contributed by atoms with Gasteiger partial charge >= 0.3 is 0 Å². The van der Waals surface area contributed by atoms with E-state index in [4.69, 9.17) is 10.5 Å². The average molecular weight is 266 g/mol. The van der Waals surface area contributed by atoms with Crippen molar-refractivity contribution in [3.63, 3.8) is 0 Å². The van der Waals surface area contributed by atoms with E-state index >= 15 is 0 Å². The quantitative estimate of drug-likeness (QED) is 0.764. The van der Waals surface area contributed by atoms with Gasteiger partial charge in [-0.3, -0.25) is 0 Å². The van der Waals surface area contributed by atoms with Crippen LogP contribution in [0.2, 0.25) is 0 Å². The Labute approximate surface area is 116 Å². The zero-order valence-electron chi connectivity index (χ0n) is 10.8. The van der Waals surface area contributed by atoms with Gasteiger partial charge in [-0.25, -0.2) is 4.98 Å². The van der Waals surface area contributed by atoms with E-state index < -0.39 is 0 Å². The second kappa shape index (κ2) is 5.19. The van der Waals surface area contributed by atoms with E-state index in [1.807, 2.05) is 36.4 Å². The van der Waals surface area contributed by atoms with Crippen molar-refractivity contribution in [2.75, 3.05) is 0 Å². The van der Waals surface area contributed by atoms with E-state index in [2.05, 4.69) is 4.98 Å². The zero-order chi connectivity index (χ0) is 13.9. The maximum Gasteiger partial charge on any atom is 0.227 e. The molecule has 3 aromatic rings. The SMILES string of the molecule is NCc1cccc(Oc2nccc3ccc(O)cc23)c1. The van der Waals surface area contributed by atoms with Crippen molar-refractivity contribution in [3.8, 4) is 17.4 Å². The van der Waals surface area contributed by atoms with E-state index in [9.17, 15) is 5.11 Å².